The fourth-order valence-corrected chi connectivity index (χ4v) is 1.93. The summed E-state index contributed by atoms with van der Waals surface area (Å²) in [6.07, 6.45) is 1.08. The Balaban J connectivity index is 2.63. The molecule has 0 radical (unpaired) electrons. The number of carbonyl (C=O) groups excluding carboxylic acids is 1. The molecule has 14 heavy (non-hydrogen) atoms. The van der Waals surface area contributed by atoms with E-state index in [0.29, 0.717) is 12.5 Å². The van der Waals surface area contributed by atoms with Crippen LogP contribution in [-0.4, -0.2) is 56.2 Å². The number of urea groups is 1. The van der Waals surface area contributed by atoms with E-state index in [1.807, 2.05) is 4.90 Å². The average Bonchev–Trinajstić information content (AvgIpc) is 2.48. The molecule has 0 aromatic heterocycles. The highest BCUT2D eigenvalue weighted by molar-refractivity contribution is 5.74. The van der Waals surface area contributed by atoms with Crippen molar-refractivity contribution >= 4 is 6.03 Å². The van der Waals surface area contributed by atoms with Crippen molar-refractivity contribution in [1.29, 1.82) is 0 Å². The third-order valence-corrected chi connectivity index (χ3v) is 2.85. The predicted octanol–water partition coefficient (Wildman–Crippen LogP) is 1.02. The minimum Gasteiger partial charge on any atom is -0.383 e. The van der Waals surface area contributed by atoms with Gasteiger partial charge < -0.3 is 14.5 Å². The van der Waals surface area contributed by atoms with Crippen molar-refractivity contribution in [2.75, 3.05) is 34.4 Å². The van der Waals surface area contributed by atoms with E-state index in [2.05, 4.69) is 6.92 Å². The molecule has 1 heterocycles. The van der Waals surface area contributed by atoms with Crippen molar-refractivity contribution in [1.82, 2.24) is 9.80 Å². The summed E-state index contributed by atoms with van der Waals surface area (Å²) in [5, 5.41) is 0. The fourth-order valence-electron chi connectivity index (χ4n) is 1.93. The average molecular weight is 200 g/mol. The van der Waals surface area contributed by atoms with Crippen LogP contribution in [0.3, 0.4) is 0 Å². The molecule has 1 saturated heterocycles. The third-order valence-electron chi connectivity index (χ3n) is 2.85. The normalized spacial score (nSPS) is 26.7. The quantitative estimate of drug-likeness (QED) is 0.667. The van der Waals surface area contributed by atoms with E-state index in [0.717, 1.165) is 13.0 Å². The Kier molecular flexibility index (Phi) is 3.75. The largest absolute Gasteiger partial charge is 0.383 e. The van der Waals surface area contributed by atoms with Gasteiger partial charge in [-0.2, -0.15) is 0 Å². The lowest BCUT2D eigenvalue weighted by Gasteiger charge is -2.28. The second kappa shape index (κ2) is 4.64. The van der Waals surface area contributed by atoms with E-state index in [9.17, 15) is 4.79 Å². The summed E-state index contributed by atoms with van der Waals surface area (Å²) in [6, 6.07) is 0.339. The Morgan fingerprint density at radius 2 is 2.21 bits per heavy atom. The minimum absolute atomic E-state index is 0.0939. The molecule has 0 bridgehead atoms. The zero-order chi connectivity index (χ0) is 10.7. The molecule has 2 amide bonds. The summed E-state index contributed by atoms with van der Waals surface area (Å²) in [5.74, 6) is 0.541. The topological polar surface area (TPSA) is 32.8 Å². The summed E-state index contributed by atoms with van der Waals surface area (Å²) >= 11 is 0. The molecule has 4 heteroatoms. The van der Waals surface area contributed by atoms with Crippen molar-refractivity contribution in [3.05, 3.63) is 0 Å². The molecular weight excluding hydrogens is 180 g/mol. The molecule has 82 valence electrons. The molecule has 1 rings (SSSR count). The highest BCUT2D eigenvalue weighted by Gasteiger charge is 2.34. The Hall–Kier alpha value is -0.770. The standard InChI is InChI=1S/C10H20N2O2/c1-8-5-6-12(9(8)7-14-4)10(13)11(2)3/h8-9H,5-7H2,1-4H3. The molecule has 2 atom stereocenters. The van der Waals surface area contributed by atoms with Gasteiger partial charge in [-0.05, 0) is 12.3 Å². The molecule has 1 fully saturated rings. The molecule has 0 saturated carbocycles. The lowest BCUT2D eigenvalue weighted by molar-refractivity contribution is 0.101. The Bertz CT molecular complexity index is 206. The van der Waals surface area contributed by atoms with Gasteiger partial charge in [0.1, 0.15) is 0 Å². The number of hydrogen-bond donors (Lipinski definition) is 0. The van der Waals surface area contributed by atoms with Crippen molar-refractivity contribution < 1.29 is 9.53 Å². The van der Waals surface area contributed by atoms with Gasteiger partial charge in [0.15, 0.2) is 0 Å². The lowest BCUT2D eigenvalue weighted by Crippen LogP contribution is -2.45. The smallest absolute Gasteiger partial charge is 0.319 e. The second-order valence-corrected chi connectivity index (χ2v) is 4.16. The van der Waals surface area contributed by atoms with Crippen molar-refractivity contribution in [3.8, 4) is 0 Å². The van der Waals surface area contributed by atoms with Crippen molar-refractivity contribution in [3.63, 3.8) is 0 Å². The lowest BCUT2D eigenvalue weighted by atomic mass is 10.0. The zero-order valence-electron chi connectivity index (χ0n) is 9.49. The van der Waals surface area contributed by atoms with Crippen LogP contribution in [0.4, 0.5) is 4.79 Å². The maximum atomic E-state index is 11.8. The van der Waals surface area contributed by atoms with Crippen LogP contribution in [-0.2, 0) is 4.74 Å². The molecule has 1 aliphatic heterocycles. The first-order valence-electron chi connectivity index (χ1n) is 5.04. The van der Waals surface area contributed by atoms with Gasteiger partial charge in [0, 0.05) is 27.7 Å². The first-order valence-corrected chi connectivity index (χ1v) is 5.04. The SMILES string of the molecule is COCC1C(C)CCN1C(=O)N(C)C. The Morgan fingerprint density at radius 3 is 2.71 bits per heavy atom. The third kappa shape index (κ3) is 2.18. The summed E-state index contributed by atoms with van der Waals surface area (Å²) < 4.78 is 5.14. The van der Waals surface area contributed by atoms with E-state index in [4.69, 9.17) is 4.74 Å². The van der Waals surface area contributed by atoms with E-state index in [-0.39, 0.29) is 12.1 Å². The maximum absolute atomic E-state index is 11.8. The number of carbonyl (C=O) groups is 1. The van der Waals surface area contributed by atoms with Gasteiger partial charge in [0.2, 0.25) is 0 Å². The number of methoxy groups -OCH3 is 1. The van der Waals surface area contributed by atoms with E-state index in [1.54, 1.807) is 26.1 Å². The summed E-state index contributed by atoms with van der Waals surface area (Å²) in [5.41, 5.74) is 0. The van der Waals surface area contributed by atoms with Gasteiger partial charge in [-0.1, -0.05) is 6.92 Å². The number of likely N-dealkylation sites (tertiary alicyclic amines) is 1. The van der Waals surface area contributed by atoms with Gasteiger partial charge in [0.25, 0.3) is 0 Å². The maximum Gasteiger partial charge on any atom is 0.319 e. The first kappa shape index (κ1) is 11.3. The van der Waals surface area contributed by atoms with E-state index in [1.165, 1.54) is 0 Å². The molecule has 0 aliphatic carbocycles. The molecule has 4 nitrogen and oxygen atoms in total. The number of hydrogen-bond acceptors (Lipinski definition) is 2. The number of rotatable bonds is 2. The number of ether oxygens (including phenoxy) is 1. The van der Waals surface area contributed by atoms with Gasteiger partial charge in [0.05, 0.1) is 12.6 Å². The summed E-state index contributed by atoms with van der Waals surface area (Å²) in [4.78, 5) is 15.3. The van der Waals surface area contributed by atoms with Gasteiger partial charge in [-0.3, -0.25) is 0 Å². The van der Waals surface area contributed by atoms with Crippen molar-refractivity contribution in [2.45, 2.75) is 19.4 Å². The van der Waals surface area contributed by atoms with Crippen LogP contribution in [0, 0.1) is 5.92 Å². The van der Waals surface area contributed by atoms with Crippen LogP contribution in [0.2, 0.25) is 0 Å². The fraction of sp³-hybridized carbons (Fsp3) is 0.900. The molecular formula is C10H20N2O2. The van der Waals surface area contributed by atoms with Gasteiger partial charge >= 0.3 is 6.03 Å². The molecule has 0 N–H and O–H groups in total. The molecule has 1 aliphatic rings. The van der Waals surface area contributed by atoms with Crippen LogP contribution < -0.4 is 0 Å². The van der Waals surface area contributed by atoms with E-state index < -0.39 is 0 Å². The highest BCUT2D eigenvalue weighted by atomic mass is 16.5. The van der Waals surface area contributed by atoms with Crippen LogP contribution in [0.1, 0.15) is 13.3 Å². The van der Waals surface area contributed by atoms with Crippen LogP contribution in [0.5, 0.6) is 0 Å². The number of nitrogens with zero attached hydrogens (tertiary/aromatic N) is 2. The van der Waals surface area contributed by atoms with Gasteiger partial charge in [-0.25, -0.2) is 4.79 Å². The number of amides is 2. The van der Waals surface area contributed by atoms with E-state index >= 15 is 0 Å². The monoisotopic (exact) mass is 200 g/mol. The summed E-state index contributed by atoms with van der Waals surface area (Å²) in [6.45, 7) is 3.67. The van der Waals surface area contributed by atoms with Gasteiger partial charge in [-0.15, -0.1) is 0 Å². The highest BCUT2D eigenvalue weighted by Crippen LogP contribution is 2.24. The molecule has 0 spiro atoms. The molecule has 0 aromatic carbocycles. The van der Waals surface area contributed by atoms with Crippen LogP contribution >= 0.6 is 0 Å². The minimum atomic E-state index is 0.0939. The summed E-state index contributed by atoms with van der Waals surface area (Å²) in [7, 11) is 5.26. The Morgan fingerprint density at radius 1 is 1.57 bits per heavy atom. The van der Waals surface area contributed by atoms with Crippen molar-refractivity contribution in [2.24, 2.45) is 5.92 Å². The zero-order valence-corrected chi connectivity index (χ0v) is 9.49. The second-order valence-electron chi connectivity index (χ2n) is 4.16. The van der Waals surface area contributed by atoms with Crippen LogP contribution in [0.25, 0.3) is 0 Å². The first-order chi connectivity index (χ1) is 6.57. The Labute approximate surface area is 85.8 Å². The molecule has 0 aromatic rings. The molecule has 2 unspecified atom stereocenters. The van der Waals surface area contributed by atoms with Crippen LogP contribution in [0.15, 0.2) is 0 Å². The predicted molar refractivity (Wildman–Crippen MR) is 55.2 cm³/mol.